The summed E-state index contributed by atoms with van der Waals surface area (Å²) in [6, 6.07) is 0.694. The number of rotatable bonds is 8. The van der Waals surface area contributed by atoms with Crippen molar-refractivity contribution in [1.82, 2.24) is 10.2 Å². The fraction of sp³-hybridized carbons (Fsp3) is 1.00. The standard InChI is InChI=1S/C15H32N2/c1-13(2)17(12-14-6-7-14)11-10-16-9-8-15(3,4)5/h13-14,16H,6-12H2,1-5H3. The van der Waals surface area contributed by atoms with Crippen molar-refractivity contribution in [3.63, 3.8) is 0 Å². The molecule has 0 aromatic carbocycles. The van der Waals surface area contributed by atoms with Gasteiger partial charge in [-0.25, -0.2) is 0 Å². The third kappa shape index (κ3) is 7.77. The molecule has 1 aliphatic rings. The molecule has 1 aliphatic carbocycles. The van der Waals surface area contributed by atoms with Gasteiger partial charge in [-0.2, -0.15) is 0 Å². The molecule has 1 rings (SSSR count). The third-order valence-electron chi connectivity index (χ3n) is 3.55. The van der Waals surface area contributed by atoms with Crippen LogP contribution in [0.4, 0.5) is 0 Å². The Labute approximate surface area is 108 Å². The lowest BCUT2D eigenvalue weighted by Crippen LogP contribution is -2.38. The molecule has 0 saturated heterocycles. The molecule has 0 atom stereocenters. The van der Waals surface area contributed by atoms with E-state index in [0.29, 0.717) is 11.5 Å². The van der Waals surface area contributed by atoms with E-state index in [1.165, 1.54) is 32.4 Å². The maximum atomic E-state index is 3.58. The van der Waals surface area contributed by atoms with Crippen LogP contribution in [0.15, 0.2) is 0 Å². The Morgan fingerprint density at radius 2 is 1.82 bits per heavy atom. The van der Waals surface area contributed by atoms with Gasteiger partial charge in [-0.1, -0.05) is 20.8 Å². The summed E-state index contributed by atoms with van der Waals surface area (Å²) in [6.07, 6.45) is 4.18. The number of nitrogens with one attached hydrogen (secondary N) is 1. The van der Waals surface area contributed by atoms with Crippen molar-refractivity contribution in [1.29, 1.82) is 0 Å². The largest absolute Gasteiger partial charge is 0.315 e. The SMILES string of the molecule is CC(C)N(CCNCCC(C)(C)C)CC1CC1. The Hall–Kier alpha value is -0.0800. The van der Waals surface area contributed by atoms with Gasteiger partial charge in [-0.05, 0) is 51.0 Å². The van der Waals surface area contributed by atoms with Gasteiger partial charge in [-0.3, -0.25) is 4.90 Å². The Kier molecular flexibility index (Phi) is 5.94. The van der Waals surface area contributed by atoms with E-state index < -0.39 is 0 Å². The summed E-state index contributed by atoms with van der Waals surface area (Å²) >= 11 is 0. The molecule has 2 nitrogen and oxygen atoms in total. The summed E-state index contributed by atoms with van der Waals surface area (Å²) < 4.78 is 0. The van der Waals surface area contributed by atoms with Crippen LogP contribution in [0.1, 0.15) is 53.9 Å². The molecule has 0 unspecified atom stereocenters. The molecule has 0 spiro atoms. The smallest absolute Gasteiger partial charge is 0.0110 e. The lowest BCUT2D eigenvalue weighted by molar-refractivity contribution is 0.212. The second kappa shape index (κ2) is 6.75. The zero-order valence-corrected chi connectivity index (χ0v) is 12.6. The van der Waals surface area contributed by atoms with Gasteiger partial charge in [0.25, 0.3) is 0 Å². The van der Waals surface area contributed by atoms with Gasteiger partial charge in [0.05, 0.1) is 0 Å². The van der Waals surface area contributed by atoms with Crippen LogP contribution in [0, 0.1) is 11.3 Å². The first-order valence-electron chi connectivity index (χ1n) is 7.33. The third-order valence-corrected chi connectivity index (χ3v) is 3.55. The first kappa shape index (κ1) is 15.0. The van der Waals surface area contributed by atoms with Gasteiger partial charge >= 0.3 is 0 Å². The predicted octanol–water partition coefficient (Wildman–Crippen LogP) is 3.13. The number of hydrogen-bond donors (Lipinski definition) is 1. The monoisotopic (exact) mass is 240 g/mol. The highest BCUT2D eigenvalue weighted by Gasteiger charge is 2.25. The predicted molar refractivity (Wildman–Crippen MR) is 76.4 cm³/mol. The summed E-state index contributed by atoms with van der Waals surface area (Å²) in [4.78, 5) is 2.63. The van der Waals surface area contributed by atoms with Crippen LogP contribution in [0.5, 0.6) is 0 Å². The summed E-state index contributed by atoms with van der Waals surface area (Å²) in [6.45, 7) is 16.4. The summed E-state index contributed by atoms with van der Waals surface area (Å²) in [5, 5.41) is 3.58. The lowest BCUT2D eigenvalue weighted by atomic mass is 9.92. The van der Waals surface area contributed by atoms with Crippen molar-refractivity contribution in [2.45, 2.75) is 59.9 Å². The number of nitrogens with zero attached hydrogens (tertiary/aromatic N) is 1. The van der Waals surface area contributed by atoms with E-state index >= 15 is 0 Å². The Morgan fingerprint density at radius 3 is 2.29 bits per heavy atom. The van der Waals surface area contributed by atoms with E-state index in [-0.39, 0.29) is 0 Å². The van der Waals surface area contributed by atoms with Crippen molar-refractivity contribution in [2.24, 2.45) is 11.3 Å². The maximum absolute atomic E-state index is 3.58. The van der Waals surface area contributed by atoms with Crippen LogP contribution in [0.3, 0.4) is 0 Å². The lowest BCUT2D eigenvalue weighted by Gasteiger charge is -2.27. The quantitative estimate of drug-likeness (QED) is 0.656. The van der Waals surface area contributed by atoms with Crippen molar-refractivity contribution in [2.75, 3.05) is 26.2 Å². The van der Waals surface area contributed by atoms with E-state index in [0.717, 1.165) is 19.0 Å². The molecular formula is C15H32N2. The minimum atomic E-state index is 0.457. The van der Waals surface area contributed by atoms with Gasteiger partial charge in [-0.15, -0.1) is 0 Å². The Balaban J connectivity index is 2.05. The average molecular weight is 240 g/mol. The van der Waals surface area contributed by atoms with Gasteiger partial charge in [0.15, 0.2) is 0 Å². The van der Waals surface area contributed by atoms with Crippen molar-refractivity contribution < 1.29 is 0 Å². The van der Waals surface area contributed by atoms with E-state index in [2.05, 4.69) is 44.8 Å². The first-order valence-corrected chi connectivity index (χ1v) is 7.33. The van der Waals surface area contributed by atoms with Crippen LogP contribution >= 0.6 is 0 Å². The van der Waals surface area contributed by atoms with Crippen molar-refractivity contribution in [3.8, 4) is 0 Å². The second-order valence-electron chi connectivity index (χ2n) is 7.09. The fourth-order valence-corrected chi connectivity index (χ4v) is 2.00. The molecule has 17 heavy (non-hydrogen) atoms. The topological polar surface area (TPSA) is 15.3 Å². The van der Waals surface area contributed by atoms with Gasteiger partial charge < -0.3 is 5.32 Å². The molecule has 1 fully saturated rings. The van der Waals surface area contributed by atoms with Crippen LogP contribution < -0.4 is 5.32 Å². The number of hydrogen-bond acceptors (Lipinski definition) is 2. The molecule has 0 aliphatic heterocycles. The zero-order chi connectivity index (χ0) is 12.9. The highest BCUT2D eigenvalue weighted by atomic mass is 15.2. The van der Waals surface area contributed by atoms with E-state index in [1.807, 2.05) is 0 Å². The molecule has 0 aromatic rings. The maximum Gasteiger partial charge on any atom is 0.0110 e. The van der Waals surface area contributed by atoms with Crippen molar-refractivity contribution in [3.05, 3.63) is 0 Å². The molecular weight excluding hydrogens is 208 g/mol. The fourth-order valence-electron chi connectivity index (χ4n) is 2.00. The summed E-state index contributed by atoms with van der Waals surface area (Å²) in [5.41, 5.74) is 0.457. The molecule has 0 aromatic heterocycles. The average Bonchev–Trinajstić information content (AvgIpc) is 2.97. The molecule has 0 radical (unpaired) electrons. The molecule has 2 heteroatoms. The van der Waals surface area contributed by atoms with E-state index in [9.17, 15) is 0 Å². The first-order chi connectivity index (χ1) is 7.88. The second-order valence-corrected chi connectivity index (χ2v) is 7.09. The molecule has 0 heterocycles. The zero-order valence-electron chi connectivity index (χ0n) is 12.6. The molecule has 1 saturated carbocycles. The highest BCUT2D eigenvalue weighted by Crippen LogP contribution is 2.30. The van der Waals surface area contributed by atoms with Crippen LogP contribution in [0.25, 0.3) is 0 Å². The van der Waals surface area contributed by atoms with Crippen LogP contribution in [0.2, 0.25) is 0 Å². The highest BCUT2D eigenvalue weighted by molar-refractivity contribution is 4.79. The van der Waals surface area contributed by atoms with Gasteiger partial charge in [0.1, 0.15) is 0 Å². The van der Waals surface area contributed by atoms with Crippen molar-refractivity contribution >= 4 is 0 Å². The Bertz CT molecular complexity index is 201. The van der Waals surface area contributed by atoms with Crippen LogP contribution in [-0.2, 0) is 0 Å². The van der Waals surface area contributed by atoms with E-state index in [4.69, 9.17) is 0 Å². The molecule has 102 valence electrons. The molecule has 0 bridgehead atoms. The minimum Gasteiger partial charge on any atom is -0.315 e. The van der Waals surface area contributed by atoms with Crippen LogP contribution in [-0.4, -0.2) is 37.1 Å². The Morgan fingerprint density at radius 1 is 1.18 bits per heavy atom. The molecule has 1 N–H and O–H groups in total. The minimum absolute atomic E-state index is 0.457. The van der Waals surface area contributed by atoms with Gasteiger partial charge in [0, 0.05) is 25.7 Å². The molecule has 0 amide bonds. The van der Waals surface area contributed by atoms with E-state index in [1.54, 1.807) is 0 Å². The summed E-state index contributed by atoms with van der Waals surface area (Å²) in [5.74, 6) is 1.01. The van der Waals surface area contributed by atoms with Gasteiger partial charge in [0.2, 0.25) is 0 Å². The normalized spacial score (nSPS) is 17.1. The summed E-state index contributed by atoms with van der Waals surface area (Å²) in [7, 11) is 0.